The van der Waals surface area contributed by atoms with Gasteiger partial charge in [-0.1, -0.05) is 6.08 Å². The molecule has 1 aliphatic rings. The molecule has 0 aliphatic heterocycles. The van der Waals surface area contributed by atoms with Gasteiger partial charge >= 0.3 is 0 Å². The van der Waals surface area contributed by atoms with Crippen LogP contribution < -0.4 is 5.56 Å². The molecule has 0 amide bonds. The van der Waals surface area contributed by atoms with Gasteiger partial charge < -0.3 is 9.40 Å². The molecule has 4 rings (SSSR count). The molecule has 3 aromatic rings. The number of hydrogen-bond donors (Lipinski definition) is 1. The number of benzene rings is 1. The lowest BCUT2D eigenvalue weighted by Crippen LogP contribution is -2.04. The molecule has 0 atom stereocenters. The number of H-pyrrole nitrogens is 1. The van der Waals surface area contributed by atoms with Crippen molar-refractivity contribution >= 4 is 27.9 Å². The van der Waals surface area contributed by atoms with Crippen LogP contribution in [0.5, 0.6) is 0 Å². The SMILES string of the molecule is Cc1cc(=O)[nH]c2cc3oc4c(c3cc12)CCC=C4. The molecule has 3 heteroatoms. The molecular formula is C16H13NO2. The molecule has 1 aromatic carbocycles. The Morgan fingerprint density at radius 1 is 1.21 bits per heavy atom. The highest BCUT2D eigenvalue weighted by atomic mass is 16.3. The minimum absolute atomic E-state index is 0.0689. The number of allylic oxidation sites excluding steroid dienone is 1. The number of aromatic amines is 1. The Balaban J connectivity index is 2.17. The average Bonchev–Trinajstić information content (AvgIpc) is 2.74. The van der Waals surface area contributed by atoms with Crippen LogP contribution in [-0.4, -0.2) is 4.98 Å². The van der Waals surface area contributed by atoms with E-state index in [0.29, 0.717) is 0 Å². The summed E-state index contributed by atoms with van der Waals surface area (Å²) in [6, 6.07) is 5.71. The van der Waals surface area contributed by atoms with Gasteiger partial charge in [0.25, 0.3) is 0 Å². The molecule has 0 fully saturated rings. The first-order valence-corrected chi connectivity index (χ1v) is 6.48. The predicted molar refractivity (Wildman–Crippen MR) is 76.4 cm³/mol. The van der Waals surface area contributed by atoms with Crippen molar-refractivity contribution < 1.29 is 4.42 Å². The van der Waals surface area contributed by atoms with Crippen LogP contribution in [0.15, 0.2) is 33.5 Å². The lowest BCUT2D eigenvalue weighted by atomic mass is 9.99. The third-order valence-corrected chi connectivity index (χ3v) is 3.82. The maximum Gasteiger partial charge on any atom is 0.248 e. The Morgan fingerprint density at radius 2 is 2.11 bits per heavy atom. The molecule has 2 aromatic heterocycles. The predicted octanol–water partition coefficient (Wildman–Crippen LogP) is 3.54. The highest BCUT2D eigenvalue weighted by Gasteiger charge is 2.15. The number of nitrogens with one attached hydrogen (secondary N) is 1. The summed E-state index contributed by atoms with van der Waals surface area (Å²) in [5.74, 6) is 0.955. The van der Waals surface area contributed by atoms with Crippen LogP contribution in [0.4, 0.5) is 0 Å². The third kappa shape index (κ3) is 1.48. The normalized spacial score (nSPS) is 14.2. The Morgan fingerprint density at radius 3 is 3.00 bits per heavy atom. The third-order valence-electron chi connectivity index (χ3n) is 3.82. The molecule has 0 bridgehead atoms. The first-order valence-electron chi connectivity index (χ1n) is 6.48. The number of rotatable bonds is 0. The second-order valence-electron chi connectivity index (χ2n) is 5.10. The Kier molecular flexibility index (Phi) is 2.01. The highest BCUT2D eigenvalue weighted by molar-refractivity contribution is 5.98. The van der Waals surface area contributed by atoms with Gasteiger partial charge in [0.05, 0.1) is 5.52 Å². The van der Waals surface area contributed by atoms with Crippen molar-refractivity contribution in [2.75, 3.05) is 0 Å². The summed E-state index contributed by atoms with van der Waals surface area (Å²) in [7, 11) is 0. The van der Waals surface area contributed by atoms with Crippen molar-refractivity contribution in [3.05, 3.63) is 51.5 Å². The molecule has 0 unspecified atom stereocenters. The van der Waals surface area contributed by atoms with Gasteiger partial charge in [-0.3, -0.25) is 4.79 Å². The number of hydrogen-bond acceptors (Lipinski definition) is 2. The highest BCUT2D eigenvalue weighted by Crippen LogP contribution is 2.33. The zero-order chi connectivity index (χ0) is 13.0. The minimum atomic E-state index is -0.0689. The molecule has 0 radical (unpaired) electrons. The van der Waals surface area contributed by atoms with Crippen molar-refractivity contribution in [2.45, 2.75) is 19.8 Å². The van der Waals surface area contributed by atoms with Gasteiger partial charge in [-0.2, -0.15) is 0 Å². The van der Waals surface area contributed by atoms with Gasteiger partial charge in [0.1, 0.15) is 11.3 Å². The maximum atomic E-state index is 11.5. The molecule has 2 heterocycles. The second kappa shape index (κ2) is 3.60. The maximum absolute atomic E-state index is 11.5. The van der Waals surface area contributed by atoms with Gasteiger partial charge in [-0.25, -0.2) is 0 Å². The molecule has 1 aliphatic carbocycles. The van der Waals surface area contributed by atoms with E-state index in [0.717, 1.165) is 40.7 Å². The standard InChI is InChI=1S/C16H13NO2/c1-9-6-16(18)17-13-8-15-12(7-11(9)13)10-4-2-3-5-14(10)19-15/h3,5-8H,2,4H2,1H3,(H,17,18). The van der Waals surface area contributed by atoms with Gasteiger partial charge in [-0.15, -0.1) is 0 Å². The molecule has 0 saturated heterocycles. The summed E-state index contributed by atoms with van der Waals surface area (Å²) in [6.45, 7) is 1.97. The van der Waals surface area contributed by atoms with Gasteiger partial charge in [0.2, 0.25) is 5.56 Å². The summed E-state index contributed by atoms with van der Waals surface area (Å²) in [5.41, 5.74) is 3.91. The van der Waals surface area contributed by atoms with E-state index in [9.17, 15) is 4.79 Å². The number of aryl methyl sites for hydroxylation is 2. The molecular weight excluding hydrogens is 238 g/mol. The minimum Gasteiger partial charge on any atom is -0.456 e. The van der Waals surface area contributed by atoms with E-state index in [1.54, 1.807) is 6.07 Å². The van der Waals surface area contributed by atoms with E-state index >= 15 is 0 Å². The van der Waals surface area contributed by atoms with Crippen molar-refractivity contribution in [1.29, 1.82) is 0 Å². The lowest BCUT2D eigenvalue weighted by Gasteiger charge is -2.04. The fourth-order valence-corrected chi connectivity index (χ4v) is 2.90. The van der Waals surface area contributed by atoms with Crippen LogP contribution in [0, 0.1) is 6.92 Å². The lowest BCUT2D eigenvalue weighted by molar-refractivity contribution is 0.596. The van der Waals surface area contributed by atoms with E-state index in [1.807, 2.05) is 19.1 Å². The Labute approximate surface area is 109 Å². The van der Waals surface area contributed by atoms with E-state index < -0.39 is 0 Å². The Bertz CT molecular complexity index is 896. The quantitative estimate of drug-likeness (QED) is 0.664. The van der Waals surface area contributed by atoms with Crippen molar-refractivity contribution in [3.63, 3.8) is 0 Å². The van der Waals surface area contributed by atoms with Crippen molar-refractivity contribution in [3.8, 4) is 0 Å². The van der Waals surface area contributed by atoms with Crippen molar-refractivity contribution in [2.24, 2.45) is 0 Å². The summed E-state index contributed by atoms with van der Waals surface area (Å²) in [5, 5.41) is 2.26. The van der Waals surface area contributed by atoms with Crippen LogP contribution in [-0.2, 0) is 6.42 Å². The van der Waals surface area contributed by atoms with Gasteiger partial charge in [-0.05, 0) is 37.5 Å². The van der Waals surface area contributed by atoms with E-state index in [4.69, 9.17) is 4.42 Å². The Hall–Kier alpha value is -2.29. The van der Waals surface area contributed by atoms with E-state index in [1.165, 1.54) is 10.9 Å². The molecule has 19 heavy (non-hydrogen) atoms. The number of aromatic nitrogens is 1. The molecule has 0 spiro atoms. The zero-order valence-corrected chi connectivity index (χ0v) is 10.6. The van der Waals surface area contributed by atoms with Crippen LogP contribution >= 0.6 is 0 Å². The molecule has 3 nitrogen and oxygen atoms in total. The van der Waals surface area contributed by atoms with E-state index in [-0.39, 0.29) is 5.56 Å². The topological polar surface area (TPSA) is 46.0 Å². The molecule has 1 N–H and O–H groups in total. The molecule has 0 saturated carbocycles. The zero-order valence-electron chi connectivity index (χ0n) is 10.6. The first-order chi connectivity index (χ1) is 9.22. The second-order valence-corrected chi connectivity index (χ2v) is 5.10. The smallest absolute Gasteiger partial charge is 0.248 e. The van der Waals surface area contributed by atoms with Crippen LogP contribution in [0.1, 0.15) is 23.3 Å². The van der Waals surface area contributed by atoms with Crippen LogP contribution in [0.2, 0.25) is 0 Å². The average molecular weight is 251 g/mol. The fourth-order valence-electron chi connectivity index (χ4n) is 2.90. The first kappa shape index (κ1) is 10.6. The monoisotopic (exact) mass is 251 g/mol. The number of furan rings is 1. The summed E-state index contributed by atoms with van der Waals surface area (Å²) in [4.78, 5) is 14.4. The fraction of sp³-hybridized carbons (Fsp3) is 0.188. The number of pyridine rings is 1. The summed E-state index contributed by atoms with van der Waals surface area (Å²) in [6.07, 6.45) is 6.26. The van der Waals surface area contributed by atoms with Crippen LogP contribution in [0.3, 0.4) is 0 Å². The number of fused-ring (bicyclic) bond motifs is 4. The van der Waals surface area contributed by atoms with E-state index in [2.05, 4.69) is 17.1 Å². The summed E-state index contributed by atoms with van der Waals surface area (Å²) >= 11 is 0. The van der Waals surface area contributed by atoms with Crippen molar-refractivity contribution in [1.82, 2.24) is 4.98 Å². The largest absolute Gasteiger partial charge is 0.456 e. The van der Waals surface area contributed by atoms with Gasteiger partial charge in [0, 0.05) is 28.5 Å². The summed E-state index contributed by atoms with van der Waals surface area (Å²) < 4.78 is 5.87. The van der Waals surface area contributed by atoms with Gasteiger partial charge in [0.15, 0.2) is 0 Å². The van der Waals surface area contributed by atoms with Crippen LogP contribution in [0.25, 0.3) is 27.9 Å². The molecule has 94 valence electrons.